The molecule has 1 unspecified atom stereocenters. The predicted octanol–water partition coefficient (Wildman–Crippen LogP) is 4.11. The third-order valence-electron chi connectivity index (χ3n) is 3.02. The number of hydrogen-bond donors (Lipinski definition) is 0. The molecule has 0 saturated heterocycles. The molecule has 2 aromatic rings. The van der Waals surface area contributed by atoms with E-state index in [-0.39, 0.29) is 5.78 Å². The molecule has 20 heavy (non-hydrogen) atoms. The number of pyridine rings is 1. The molecule has 0 aliphatic carbocycles. The van der Waals surface area contributed by atoms with Crippen molar-refractivity contribution in [1.82, 2.24) is 4.98 Å². The zero-order chi connectivity index (χ0) is 14.7. The molecule has 2 rings (SSSR count). The standard InChI is InChI=1S/C16H16BrNO2/c1-10-4-5-11(2)15(6-10)16(19)12(3)20-14-7-13(17)8-18-9-14/h4-9,12H,1-3H3. The van der Waals surface area contributed by atoms with E-state index in [2.05, 4.69) is 20.9 Å². The van der Waals surface area contributed by atoms with Crippen LogP contribution in [-0.4, -0.2) is 16.9 Å². The van der Waals surface area contributed by atoms with E-state index in [1.54, 1.807) is 25.4 Å². The molecular formula is C16H16BrNO2. The molecule has 0 spiro atoms. The Morgan fingerprint density at radius 3 is 2.70 bits per heavy atom. The number of carbonyl (C=O) groups excluding carboxylic acids is 1. The van der Waals surface area contributed by atoms with Crippen LogP contribution in [0, 0.1) is 13.8 Å². The Hall–Kier alpha value is -1.68. The lowest BCUT2D eigenvalue weighted by atomic mass is 9.99. The molecule has 0 aliphatic rings. The van der Waals surface area contributed by atoms with Crippen molar-refractivity contribution in [3.8, 4) is 5.75 Å². The van der Waals surface area contributed by atoms with Crippen molar-refractivity contribution in [3.05, 3.63) is 57.8 Å². The number of aromatic nitrogens is 1. The van der Waals surface area contributed by atoms with Gasteiger partial charge in [0.1, 0.15) is 5.75 Å². The maximum absolute atomic E-state index is 12.4. The van der Waals surface area contributed by atoms with Crippen molar-refractivity contribution >= 4 is 21.7 Å². The summed E-state index contributed by atoms with van der Waals surface area (Å²) >= 11 is 3.33. The summed E-state index contributed by atoms with van der Waals surface area (Å²) in [6, 6.07) is 7.64. The van der Waals surface area contributed by atoms with E-state index in [1.165, 1.54) is 0 Å². The molecule has 0 radical (unpaired) electrons. The number of ether oxygens (including phenoxy) is 1. The van der Waals surface area contributed by atoms with Gasteiger partial charge in [-0.15, -0.1) is 0 Å². The van der Waals surface area contributed by atoms with Gasteiger partial charge in [0.25, 0.3) is 0 Å². The van der Waals surface area contributed by atoms with Gasteiger partial charge in [0.2, 0.25) is 5.78 Å². The first-order chi connectivity index (χ1) is 9.47. The average molecular weight is 334 g/mol. The van der Waals surface area contributed by atoms with Crippen LogP contribution in [0.1, 0.15) is 28.4 Å². The highest BCUT2D eigenvalue weighted by atomic mass is 79.9. The second kappa shape index (κ2) is 6.18. The molecule has 1 aromatic carbocycles. The van der Waals surface area contributed by atoms with Crippen LogP contribution in [0.15, 0.2) is 41.1 Å². The molecule has 104 valence electrons. The van der Waals surface area contributed by atoms with Gasteiger partial charge in [-0.05, 0) is 54.4 Å². The lowest BCUT2D eigenvalue weighted by molar-refractivity contribution is 0.0816. The fourth-order valence-corrected chi connectivity index (χ4v) is 2.28. The number of aryl methyl sites for hydroxylation is 2. The topological polar surface area (TPSA) is 39.2 Å². The van der Waals surface area contributed by atoms with Crippen LogP contribution in [0.4, 0.5) is 0 Å². The molecule has 1 heterocycles. The molecule has 1 atom stereocenters. The smallest absolute Gasteiger partial charge is 0.203 e. The lowest BCUT2D eigenvalue weighted by Gasteiger charge is -2.15. The Kier molecular flexibility index (Phi) is 4.55. The van der Waals surface area contributed by atoms with E-state index < -0.39 is 6.10 Å². The number of rotatable bonds is 4. The fourth-order valence-electron chi connectivity index (χ4n) is 1.93. The van der Waals surface area contributed by atoms with Crippen LogP contribution in [0.2, 0.25) is 0 Å². The quantitative estimate of drug-likeness (QED) is 0.790. The monoisotopic (exact) mass is 333 g/mol. The van der Waals surface area contributed by atoms with Gasteiger partial charge in [0.05, 0.1) is 6.20 Å². The minimum atomic E-state index is -0.549. The van der Waals surface area contributed by atoms with Gasteiger partial charge in [-0.2, -0.15) is 0 Å². The number of carbonyl (C=O) groups is 1. The summed E-state index contributed by atoms with van der Waals surface area (Å²) in [5.41, 5.74) is 2.74. The Morgan fingerprint density at radius 2 is 2.00 bits per heavy atom. The normalized spacial score (nSPS) is 12.0. The van der Waals surface area contributed by atoms with E-state index in [1.807, 2.05) is 32.0 Å². The van der Waals surface area contributed by atoms with Crippen LogP contribution >= 0.6 is 15.9 Å². The Balaban J connectivity index is 2.18. The first-order valence-electron chi connectivity index (χ1n) is 6.36. The van der Waals surface area contributed by atoms with E-state index in [4.69, 9.17) is 4.74 Å². The Bertz CT molecular complexity index is 640. The summed E-state index contributed by atoms with van der Waals surface area (Å²) < 4.78 is 6.48. The van der Waals surface area contributed by atoms with Crippen molar-refractivity contribution in [2.24, 2.45) is 0 Å². The summed E-state index contributed by atoms with van der Waals surface area (Å²) in [5, 5.41) is 0. The third-order valence-corrected chi connectivity index (χ3v) is 3.45. The largest absolute Gasteiger partial charge is 0.481 e. The summed E-state index contributed by atoms with van der Waals surface area (Å²) in [6.45, 7) is 5.66. The second-order valence-corrected chi connectivity index (χ2v) is 5.70. The van der Waals surface area contributed by atoms with Gasteiger partial charge in [0.15, 0.2) is 6.10 Å². The van der Waals surface area contributed by atoms with Gasteiger partial charge in [-0.25, -0.2) is 0 Å². The Morgan fingerprint density at radius 1 is 1.25 bits per heavy atom. The number of halogens is 1. The molecule has 0 saturated carbocycles. The maximum Gasteiger partial charge on any atom is 0.203 e. The highest BCUT2D eigenvalue weighted by molar-refractivity contribution is 9.10. The molecule has 0 aliphatic heterocycles. The number of benzene rings is 1. The number of nitrogens with zero attached hydrogens (tertiary/aromatic N) is 1. The van der Waals surface area contributed by atoms with Crippen molar-refractivity contribution in [2.75, 3.05) is 0 Å². The molecule has 3 nitrogen and oxygen atoms in total. The molecule has 0 bridgehead atoms. The van der Waals surface area contributed by atoms with Crippen molar-refractivity contribution < 1.29 is 9.53 Å². The predicted molar refractivity (Wildman–Crippen MR) is 82.3 cm³/mol. The molecule has 4 heteroatoms. The van der Waals surface area contributed by atoms with Crippen LogP contribution in [-0.2, 0) is 0 Å². The number of hydrogen-bond acceptors (Lipinski definition) is 3. The zero-order valence-corrected chi connectivity index (χ0v) is 13.3. The average Bonchev–Trinajstić information content (AvgIpc) is 2.40. The summed E-state index contributed by atoms with van der Waals surface area (Å²) in [4.78, 5) is 16.5. The van der Waals surface area contributed by atoms with Crippen LogP contribution in [0.25, 0.3) is 0 Å². The molecule has 0 N–H and O–H groups in total. The zero-order valence-electron chi connectivity index (χ0n) is 11.7. The first kappa shape index (κ1) is 14.7. The maximum atomic E-state index is 12.4. The molecular weight excluding hydrogens is 318 g/mol. The van der Waals surface area contributed by atoms with Gasteiger partial charge in [-0.1, -0.05) is 17.7 Å². The number of Topliss-reactive ketones (excluding diaryl/α,β-unsaturated/α-hetero) is 1. The van der Waals surface area contributed by atoms with E-state index >= 15 is 0 Å². The van der Waals surface area contributed by atoms with Gasteiger partial charge in [-0.3, -0.25) is 9.78 Å². The molecule has 1 aromatic heterocycles. The first-order valence-corrected chi connectivity index (χ1v) is 7.15. The van der Waals surface area contributed by atoms with Gasteiger partial charge in [0, 0.05) is 16.2 Å². The highest BCUT2D eigenvalue weighted by Crippen LogP contribution is 2.19. The summed E-state index contributed by atoms with van der Waals surface area (Å²) in [7, 11) is 0. The third kappa shape index (κ3) is 3.45. The fraction of sp³-hybridized carbons (Fsp3) is 0.250. The van der Waals surface area contributed by atoms with Crippen LogP contribution < -0.4 is 4.74 Å². The van der Waals surface area contributed by atoms with Crippen LogP contribution in [0.3, 0.4) is 0 Å². The minimum absolute atomic E-state index is 0.0221. The van der Waals surface area contributed by atoms with Crippen molar-refractivity contribution in [1.29, 1.82) is 0 Å². The van der Waals surface area contributed by atoms with Crippen molar-refractivity contribution in [3.63, 3.8) is 0 Å². The van der Waals surface area contributed by atoms with Gasteiger partial charge < -0.3 is 4.74 Å². The molecule has 0 amide bonds. The van der Waals surface area contributed by atoms with Crippen LogP contribution in [0.5, 0.6) is 5.75 Å². The van der Waals surface area contributed by atoms with Gasteiger partial charge >= 0.3 is 0 Å². The SMILES string of the molecule is Cc1ccc(C)c(C(=O)C(C)Oc2cncc(Br)c2)c1. The van der Waals surface area contributed by atoms with E-state index in [0.717, 1.165) is 15.6 Å². The second-order valence-electron chi connectivity index (χ2n) is 4.78. The lowest BCUT2D eigenvalue weighted by Crippen LogP contribution is -2.24. The Labute approximate surface area is 127 Å². The van der Waals surface area contributed by atoms with E-state index in [9.17, 15) is 4.79 Å². The minimum Gasteiger partial charge on any atom is -0.481 e. The summed E-state index contributed by atoms with van der Waals surface area (Å²) in [6.07, 6.45) is 2.72. The van der Waals surface area contributed by atoms with E-state index in [0.29, 0.717) is 11.3 Å². The highest BCUT2D eigenvalue weighted by Gasteiger charge is 2.19. The molecule has 0 fully saturated rings. The summed E-state index contributed by atoms with van der Waals surface area (Å²) in [5.74, 6) is 0.553. The number of ketones is 1. The van der Waals surface area contributed by atoms with Crippen molar-refractivity contribution in [2.45, 2.75) is 26.9 Å².